The molecule has 178 valence electrons. The molecule has 0 aliphatic heterocycles. The molecule has 0 aliphatic carbocycles. The number of hydrogen-bond donors (Lipinski definition) is 1. The van der Waals surface area contributed by atoms with E-state index >= 15 is 0 Å². The first kappa shape index (κ1) is 26.3. The van der Waals surface area contributed by atoms with Gasteiger partial charge < -0.3 is 10.2 Å². The Bertz CT molecular complexity index is 1100. The number of nitrogens with zero attached hydrogens (tertiary/aromatic N) is 1. The van der Waals surface area contributed by atoms with Gasteiger partial charge in [-0.2, -0.15) is 0 Å². The Morgan fingerprint density at radius 3 is 2.38 bits per heavy atom. The summed E-state index contributed by atoms with van der Waals surface area (Å²) in [7, 11) is 1.57. The minimum Gasteiger partial charge on any atom is -0.357 e. The highest BCUT2D eigenvalue weighted by atomic mass is 79.9. The van der Waals surface area contributed by atoms with E-state index in [0.29, 0.717) is 17.0 Å². The van der Waals surface area contributed by atoms with Crippen LogP contribution in [-0.4, -0.2) is 35.6 Å². The fraction of sp³-hybridized carbons (Fsp3) is 0.231. The van der Waals surface area contributed by atoms with E-state index in [4.69, 9.17) is 11.6 Å². The molecular formula is C26H25BrClFN2O2S. The number of benzene rings is 3. The number of rotatable bonds is 10. The molecular weight excluding hydrogens is 539 g/mol. The molecule has 8 heteroatoms. The van der Waals surface area contributed by atoms with Crippen molar-refractivity contribution in [2.75, 3.05) is 12.8 Å². The first-order chi connectivity index (χ1) is 16.4. The molecule has 2 amide bonds. The lowest BCUT2D eigenvalue weighted by Crippen LogP contribution is -2.50. The van der Waals surface area contributed by atoms with Gasteiger partial charge in [0.15, 0.2) is 0 Å². The molecule has 0 heterocycles. The van der Waals surface area contributed by atoms with Crippen molar-refractivity contribution in [2.24, 2.45) is 0 Å². The van der Waals surface area contributed by atoms with Crippen molar-refractivity contribution < 1.29 is 14.0 Å². The van der Waals surface area contributed by atoms with Crippen LogP contribution in [0.5, 0.6) is 0 Å². The summed E-state index contributed by atoms with van der Waals surface area (Å²) >= 11 is 10.8. The van der Waals surface area contributed by atoms with Gasteiger partial charge in [-0.25, -0.2) is 4.39 Å². The van der Waals surface area contributed by atoms with Gasteiger partial charge in [-0.3, -0.25) is 9.59 Å². The number of thioether (sulfide) groups is 1. The number of amides is 2. The maximum Gasteiger partial charge on any atom is 0.242 e. The monoisotopic (exact) mass is 562 g/mol. The second kappa shape index (κ2) is 12.9. The number of likely N-dealkylation sites (N-methyl/N-ethyl adjacent to an activating group) is 1. The highest BCUT2D eigenvalue weighted by Gasteiger charge is 2.29. The Kier molecular flexibility index (Phi) is 9.99. The molecule has 0 bridgehead atoms. The molecule has 0 spiro atoms. The maximum atomic E-state index is 14.1. The van der Waals surface area contributed by atoms with Gasteiger partial charge in [0.1, 0.15) is 11.9 Å². The van der Waals surface area contributed by atoms with Crippen LogP contribution in [0.4, 0.5) is 4.39 Å². The first-order valence-electron chi connectivity index (χ1n) is 10.7. The van der Waals surface area contributed by atoms with Crippen molar-refractivity contribution >= 4 is 51.1 Å². The molecule has 0 aromatic heterocycles. The number of carbonyl (C=O) groups is 2. The fourth-order valence-electron chi connectivity index (χ4n) is 3.50. The van der Waals surface area contributed by atoms with Crippen LogP contribution in [0.15, 0.2) is 77.3 Å². The maximum absolute atomic E-state index is 14.1. The predicted molar refractivity (Wildman–Crippen MR) is 140 cm³/mol. The molecule has 1 atom stereocenters. The second-order valence-corrected chi connectivity index (χ2v) is 9.97. The van der Waals surface area contributed by atoms with Gasteiger partial charge >= 0.3 is 0 Å². The summed E-state index contributed by atoms with van der Waals surface area (Å²) < 4.78 is 15.1. The van der Waals surface area contributed by atoms with Gasteiger partial charge in [-0.1, -0.05) is 76.1 Å². The van der Waals surface area contributed by atoms with E-state index in [1.807, 2.05) is 54.6 Å². The zero-order valence-electron chi connectivity index (χ0n) is 18.6. The van der Waals surface area contributed by atoms with Crippen LogP contribution >= 0.6 is 39.3 Å². The summed E-state index contributed by atoms with van der Waals surface area (Å²) in [5.41, 5.74) is 2.23. The van der Waals surface area contributed by atoms with Crippen LogP contribution in [0.1, 0.15) is 16.7 Å². The van der Waals surface area contributed by atoms with Crippen molar-refractivity contribution in [3.63, 3.8) is 0 Å². The molecule has 0 aliphatic rings. The molecule has 3 aromatic rings. The largest absolute Gasteiger partial charge is 0.357 e. The third kappa shape index (κ3) is 7.32. The van der Waals surface area contributed by atoms with Crippen LogP contribution in [0.2, 0.25) is 5.02 Å². The second-order valence-electron chi connectivity index (χ2n) is 7.66. The molecule has 34 heavy (non-hydrogen) atoms. The fourth-order valence-corrected chi connectivity index (χ4v) is 5.01. The molecule has 3 rings (SSSR count). The number of carbonyl (C=O) groups excluding carboxylic acids is 2. The van der Waals surface area contributed by atoms with Crippen LogP contribution in [0.25, 0.3) is 0 Å². The SMILES string of the molecule is CNC(=O)C(Cc1ccccc1)N(Cc1ccc(Br)cc1)C(=O)CSCc1c(F)cccc1Cl. The third-order valence-corrected chi connectivity index (χ3v) is 7.14. The normalized spacial score (nSPS) is 11.6. The molecule has 0 saturated carbocycles. The van der Waals surface area contributed by atoms with Crippen molar-refractivity contribution in [3.8, 4) is 0 Å². The minimum absolute atomic E-state index is 0.0868. The van der Waals surface area contributed by atoms with Gasteiger partial charge in [-0.15, -0.1) is 11.8 Å². The van der Waals surface area contributed by atoms with Crippen LogP contribution in [0.3, 0.4) is 0 Å². The average molecular weight is 564 g/mol. The summed E-state index contributed by atoms with van der Waals surface area (Å²) in [6.45, 7) is 0.276. The van der Waals surface area contributed by atoms with Gasteiger partial charge in [0.05, 0.1) is 5.75 Å². The Balaban J connectivity index is 1.82. The number of hydrogen-bond acceptors (Lipinski definition) is 3. The van der Waals surface area contributed by atoms with Gasteiger partial charge in [0.25, 0.3) is 0 Å². The van der Waals surface area contributed by atoms with E-state index in [-0.39, 0.29) is 29.9 Å². The average Bonchev–Trinajstić information content (AvgIpc) is 2.84. The molecule has 4 nitrogen and oxygen atoms in total. The van der Waals surface area contributed by atoms with Crippen LogP contribution in [-0.2, 0) is 28.3 Å². The van der Waals surface area contributed by atoms with Gasteiger partial charge in [0.2, 0.25) is 11.8 Å². The molecule has 1 N–H and O–H groups in total. The molecule has 1 unspecified atom stereocenters. The van der Waals surface area contributed by atoms with E-state index < -0.39 is 11.9 Å². The highest BCUT2D eigenvalue weighted by Crippen LogP contribution is 2.25. The zero-order chi connectivity index (χ0) is 24.5. The quantitative estimate of drug-likeness (QED) is 0.336. The summed E-state index contributed by atoms with van der Waals surface area (Å²) in [4.78, 5) is 27.9. The van der Waals surface area contributed by atoms with E-state index in [1.165, 1.54) is 17.8 Å². The molecule has 0 fully saturated rings. The Labute approximate surface area is 217 Å². The number of nitrogens with one attached hydrogen (secondary N) is 1. The molecule has 3 aromatic carbocycles. The Morgan fingerprint density at radius 1 is 1.03 bits per heavy atom. The highest BCUT2D eigenvalue weighted by molar-refractivity contribution is 9.10. The number of halogens is 3. The van der Waals surface area contributed by atoms with Crippen LogP contribution < -0.4 is 5.32 Å². The van der Waals surface area contributed by atoms with Crippen molar-refractivity contribution in [3.05, 3.63) is 105 Å². The van der Waals surface area contributed by atoms with Crippen LogP contribution in [0, 0.1) is 5.82 Å². The summed E-state index contributed by atoms with van der Waals surface area (Å²) in [5.74, 6) is -0.497. The van der Waals surface area contributed by atoms with Crippen molar-refractivity contribution in [1.29, 1.82) is 0 Å². The standard InChI is InChI=1S/C26H25BrClFN2O2S/c1-30-26(33)24(14-18-6-3-2-4-7-18)31(15-19-10-12-20(27)13-11-19)25(32)17-34-16-21-22(28)8-5-9-23(21)29/h2-13,24H,14-17H2,1H3,(H,30,33). The summed E-state index contributed by atoms with van der Waals surface area (Å²) in [6.07, 6.45) is 0.382. The summed E-state index contributed by atoms with van der Waals surface area (Å²) in [6, 6.07) is 21.1. The minimum atomic E-state index is -0.693. The van der Waals surface area contributed by atoms with E-state index in [2.05, 4.69) is 21.2 Å². The smallest absolute Gasteiger partial charge is 0.242 e. The van der Waals surface area contributed by atoms with E-state index in [0.717, 1.165) is 15.6 Å². The third-order valence-electron chi connectivity index (χ3n) is 5.32. The molecule has 0 saturated heterocycles. The molecule has 0 radical (unpaired) electrons. The topological polar surface area (TPSA) is 49.4 Å². The Hall–Kier alpha value is -2.35. The van der Waals surface area contributed by atoms with Gasteiger partial charge in [0, 0.05) is 40.8 Å². The first-order valence-corrected chi connectivity index (χ1v) is 13.0. The van der Waals surface area contributed by atoms with Crippen molar-refractivity contribution in [1.82, 2.24) is 10.2 Å². The van der Waals surface area contributed by atoms with Crippen molar-refractivity contribution in [2.45, 2.75) is 24.8 Å². The van der Waals surface area contributed by atoms with E-state index in [9.17, 15) is 14.0 Å². The lowest BCUT2D eigenvalue weighted by atomic mass is 10.0. The van der Waals surface area contributed by atoms with Gasteiger partial charge in [-0.05, 0) is 35.4 Å². The summed E-state index contributed by atoms with van der Waals surface area (Å²) in [5, 5.41) is 3.03. The van der Waals surface area contributed by atoms with E-state index in [1.54, 1.807) is 24.1 Å². The lowest BCUT2D eigenvalue weighted by molar-refractivity contribution is -0.139. The lowest BCUT2D eigenvalue weighted by Gasteiger charge is -2.31. The Morgan fingerprint density at radius 2 is 1.74 bits per heavy atom. The predicted octanol–water partition coefficient (Wildman–Crippen LogP) is 5.86. The zero-order valence-corrected chi connectivity index (χ0v) is 21.8.